The minimum absolute atomic E-state index is 0.178. The third-order valence-electron chi connectivity index (χ3n) is 5.12. The van der Waals surface area contributed by atoms with Crippen LogP contribution in [0, 0.1) is 6.92 Å². The first-order valence-corrected chi connectivity index (χ1v) is 12.0. The van der Waals surface area contributed by atoms with Crippen molar-refractivity contribution < 1.29 is 17.5 Å². The van der Waals surface area contributed by atoms with Crippen LogP contribution in [-0.4, -0.2) is 13.0 Å². The number of nitrogens with zero attached hydrogens (tertiary/aromatic N) is 1. The van der Waals surface area contributed by atoms with Crippen molar-refractivity contribution in [1.29, 1.82) is 0 Å². The normalized spacial score (nSPS) is 10.7. The Morgan fingerprint density at radius 1 is 0.788 bits per heavy atom. The Kier molecular flexibility index (Phi) is 8.30. The largest absolute Gasteiger partial charge is 0.744 e. The van der Waals surface area contributed by atoms with E-state index in [2.05, 4.69) is 90.1 Å². The summed E-state index contributed by atoms with van der Waals surface area (Å²) in [5.41, 5.74) is 6.17. The lowest BCUT2D eigenvalue weighted by atomic mass is 10.0. The van der Waals surface area contributed by atoms with Crippen LogP contribution >= 0.6 is 0 Å². The first-order chi connectivity index (χ1) is 15.8. The van der Waals surface area contributed by atoms with E-state index < -0.39 is 10.1 Å². The van der Waals surface area contributed by atoms with Crippen LogP contribution in [-0.2, 0) is 23.0 Å². The van der Waals surface area contributed by atoms with Gasteiger partial charge in [0.1, 0.15) is 10.1 Å². The van der Waals surface area contributed by atoms with E-state index >= 15 is 0 Å². The molecule has 0 saturated heterocycles. The van der Waals surface area contributed by atoms with Crippen LogP contribution in [0.3, 0.4) is 0 Å². The van der Waals surface area contributed by atoms with Crippen LogP contribution in [0.5, 0.6) is 0 Å². The zero-order chi connectivity index (χ0) is 23.7. The smallest absolute Gasteiger partial charge is 0.191 e. The lowest BCUT2D eigenvalue weighted by Gasteiger charge is -2.05. The maximum atomic E-state index is 10.4. The number of pyridine rings is 1. The van der Waals surface area contributed by atoms with Crippen molar-refractivity contribution in [3.05, 3.63) is 138 Å². The van der Waals surface area contributed by atoms with Gasteiger partial charge in [0.25, 0.3) is 0 Å². The van der Waals surface area contributed by atoms with Crippen molar-refractivity contribution in [2.24, 2.45) is 0 Å². The van der Waals surface area contributed by atoms with Crippen LogP contribution < -0.4 is 4.57 Å². The molecule has 0 spiro atoms. The predicted octanol–water partition coefficient (Wildman–Crippen LogP) is 5.16. The highest BCUT2D eigenvalue weighted by atomic mass is 32.2. The van der Waals surface area contributed by atoms with Crippen LogP contribution in [0.25, 0.3) is 6.20 Å². The molecule has 0 amide bonds. The molecule has 0 radical (unpaired) electrons. The summed E-state index contributed by atoms with van der Waals surface area (Å²) >= 11 is 0. The molecule has 1 heterocycles. The summed E-state index contributed by atoms with van der Waals surface area (Å²) in [5.74, 6) is 0. The number of aryl methyl sites for hydroxylation is 1. The van der Waals surface area contributed by atoms with Gasteiger partial charge >= 0.3 is 0 Å². The van der Waals surface area contributed by atoms with Gasteiger partial charge in [0.05, 0.1) is 11.3 Å². The fourth-order valence-corrected chi connectivity index (χ4v) is 3.85. The average molecular weight is 458 g/mol. The van der Waals surface area contributed by atoms with Crippen molar-refractivity contribution in [2.75, 3.05) is 0 Å². The summed E-state index contributed by atoms with van der Waals surface area (Å²) in [6.45, 7) is 5.73. The summed E-state index contributed by atoms with van der Waals surface area (Å²) in [6.07, 6.45) is 5.84. The molecule has 0 aliphatic carbocycles. The van der Waals surface area contributed by atoms with Gasteiger partial charge < -0.3 is 4.55 Å². The molecule has 0 bridgehead atoms. The second kappa shape index (κ2) is 11.4. The number of hydrogen-bond donors (Lipinski definition) is 0. The molecule has 0 fully saturated rings. The molecule has 0 N–H and O–H groups in total. The van der Waals surface area contributed by atoms with Crippen molar-refractivity contribution in [1.82, 2.24) is 0 Å². The number of aromatic nitrogens is 1. The molecular weight excluding hydrogens is 430 g/mol. The Morgan fingerprint density at radius 2 is 1.33 bits per heavy atom. The van der Waals surface area contributed by atoms with Gasteiger partial charge in [-0.1, -0.05) is 78.4 Å². The summed E-state index contributed by atoms with van der Waals surface area (Å²) in [7, 11) is -4.27. The van der Waals surface area contributed by atoms with Gasteiger partial charge in [0.15, 0.2) is 18.1 Å². The van der Waals surface area contributed by atoms with Gasteiger partial charge in [-0.3, -0.25) is 0 Å². The molecule has 33 heavy (non-hydrogen) atoms. The van der Waals surface area contributed by atoms with Crippen LogP contribution in [0.1, 0.15) is 27.9 Å². The average Bonchev–Trinajstić information content (AvgIpc) is 2.81. The van der Waals surface area contributed by atoms with Crippen molar-refractivity contribution >= 4 is 16.3 Å². The molecule has 5 heteroatoms. The summed E-state index contributed by atoms with van der Waals surface area (Å²) in [6, 6.07) is 31.4. The van der Waals surface area contributed by atoms with Crippen LogP contribution in [0.4, 0.5) is 0 Å². The van der Waals surface area contributed by atoms with Gasteiger partial charge in [-0.05, 0) is 48.7 Å². The Bertz CT molecular complexity index is 1280. The lowest BCUT2D eigenvalue weighted by Crippen LogP contribution is -2.31. The second-order valence-corrected chi connectivity index (χ2v) is 9.09. The Labute approximate surface area is 196 Å². The highest BCUT2D eigenvalue weighted by Crippen LogP contribution is 2.12. The molecule has 168 valence electrons. The van der Waals surface area contributed by atoms with E-state index in [0.717, 1.165) is 18.4 Å². The third-order valence-corrected chi connectivity index (χ3v) is 5.97. The first-order valence-electron chi connectivity index (χ1n) is 10.6. The fraction of sp³-hybridized carbons (Fsp3) is 0.107. The van der Waals surface area contributed by atoms with Gasteiger partial charge in [0, 0.05) is 12.1 Å². The summed E-state index contributed by atoms with van der Waals surface area (Å²) < 4.78 is 33.3. The molecule has 4 aromatic rings. The summed E-state index contributed by atoms with van der Waals surface area (Å²) in [5, 5.41) is 0. The Morgan fingerprint density at radius 3 is 1.85 bits per heavy atom. The molecule has 0 aliphatic rings. The van der Waals surface area contributed by atoms with E-state index in [1.807, 2.05) is 13.1 Å². The second-order valence-electron chi connectivity index (χ2n) is 7.71. The van der Waals surface area contributed by atoms with Crippen LogP contribution in [0.2, 0.25) is 0 Å². The van der Waals surface area contributed by atoms with E-state index in [9.17, 15) is 13.0 Å². The molecule has 0 aliphatic heterocycles. The lowest BCUT2D eigenvalue weighted by molar-refractivity contribution is -0.576. The molecule has 1 aromatic heterocycles. The Balaban J connectivity index is 0.000000235. The number of benzene rings is 3. The third kappa shape index (κ3) is 7.52. The van der Waals surface area contributed by atoms with Gasteiger partial charge in [0.2, 0.25) is 0 Å². The maximum absolute atomic E-state index is 10.4. The number of hydrogen-bond acceptors (Lipinski definition) is 3. The minimum atomic E-state index is -4.27. The van der Waals surface area contributed by atoms with Gasteiger partial charge in [-0.2, -0.15) is 4.57 Å². The van der Waals surface area contributed by atoms with Crippen molar-refractivity contribution in [2.45, 2.75) is 24.7 Å². The monoisotopic (exact) mass is 457 g/mol. The molecule has 0 unspecified atom stereocenters. The Hall–Kier alpha value is -3.54. The first kappa shape index (κ1) is 24.1. The maximum Gasteiger partial charge on any atom is 0.191 e. The SMILES string of the molecule is C=C[n+]1ccc(Cc2ccccc2)cc1Cc1ccccc1.Cc1ccc(S(=O)(=O)[O-])cc1. The topological polar surface area (TPSA) is 61.1 Å². The van der Waals surface area contributed by atoms with Crippen molar-refractivity contribution in [3.63, 3.8) is 0 Å². The molecule has 4 rings (SSSR count). The van der Waals surface area contributed by atoms with E-state index in [4.69, 9.17) is 0 Å². The van der Waals surface area contributed by atoms with Gasteiger partial charge in [-0.15, -0.1) is 0 Å². The van der Waals surface area contributed by atoms with Crippen LogP contribution in [0.15, 0.2) is 115 Å². The molecule has 3 aromatic carbocycles. The van der Waals surface area contributed by atoms with E-state index in [-0.39, 0.29) is 4.90 Å². The van der Waals surface area contributed by atoms with E-state index in [1.54, 1.807) is 12.1 Å². The van der Waals surface area contributed by atoms with E-state index in [1.165, 1.54) is 34.5 Å². The fourth-order valence-electron chi connectivity index (χ4n) is 3.38. The molecule has 0 saturated carbocycles. The molecular formula is C28H27NO3S. The quantitative estimate of drug-likeness (QED) is 0.297. The van der Waals surface area contributed by atoms with Gasteiger partial charge in [-0.25, -0.2) is 8.42 Å². The zero-order valence-electron chi connectivity index (χ0n) is 18.6. The van der Waals surface area contributed by atoms with Crippen molar-refractivity contribution in [3.8, 4) is 0 Å². The highest BCUT2D eigenvalue weighted by molar-refractivity contribution is 7.85. The highest BCUT2D eigenvalue weighted by Gasteiger charge is 2.10. The predicted molar refractivity (Wildman–Crippen MR) is 131 cm³/mol. The molecule has 0 atom stereocenters. The molecule has 4 nitrogen and oxygen atoms in total. The van der Waals surface area contributed by atoms with E-state index in [0.29, 0.717) is 0 Å². The summed E-state index contributed by atoms with van der Waals surface area (Å²) in [4.78, 5) is -0.178. The minimum Gasteiger partial charge on any atom is -0.744 e. The standard InChI is InChI=1S/C21H20N.C7H8O3S/c1-2-22-14-13-20(15-18-9-5-3-6-10-18)17-21(22)16-19-11-7-4-8-12-19;1-6-2-4-7(5-3-6)11(8,9)10/h2-14,17H,1,15-16H2;2-5H,1H3,(H,8,9,10)/q+1;/p-1. The number of rotatable bonds is 6. The zero-order valence-corrected chi connectivity index (χ0v) is 19.4.